The number of aromatic hydroxyl groups is 1. The van der Waals surface area contributed by atoms with Gasteiger partial charge < -0.3 is 5.11 Å². The van der Waals surface area contributed by atoms with Crippen molar-refractivity contribution in [3.63, 3.8) is 0 Å². The summed E-state index contributed by atoms with van der Waals surface area (Å²) in [4.78, 5) is 0. The van der Waals surface area contributed by atoms with Crippen LogP contribution in [0.5, 0.6) is 5.75 Å². The fourth-order valence-corrected chi connectivity index (χ4v) is 3.11. The second-order valence-corrected chi connectivity index (χ2v) is 6.33. The van der Waals surface area contributed by atoms with E-state index in [-0.39, 0.29) is 5.75 Å². The van der Waals surface area contributed by atoms with Gasteiger partial charge in [-0.1, -0.05) is 54.6 Å². The van der Waals surface area contributed by atoms with Crippen molar-refractivity contribution in [1.29, 1.82) is 0 Å². The van der Waals surface area contributed by atoms with Crippen LogP contribution in [0.2, 0.25) is 0 Å². The van der Waals surface area contributed by atoms with Crippen LogP contribution in [-0.4, -0.2) is 26.2 Å². The SMILES string of the molecule is Cc1ccccc1-c1n[nH]c(=S)n1/N=C\c1c(O)ccc2ccccc12. The van der Waals surface area contributed by atoms with E-state index in [4.69, 9.17) is 12.2 Å². The number of fused-ring (bicyclic) bond motifs is 1. The molecule has 0 aliphatic heterocycles. The van der Waals surface area contributed by atoms with Crippen LogP contribution in [0.4, 0.5) is 0 Å². The van der Waals surface area contributed by atoms with E-state index >= 15 is 0 Å². The molecular formula is C20H16N4OS. The van der Waals surface area contributed by atoms with Gasteiger partial charge in [0, 0.05) is 11.1 Å². The summed E-state index contributed by atoms with van der Waals surface area (Å²) in [6.45, 7) is 2.01. The van der Waals surface area contributed by atoms with E-state index in [0.717, 1.165) is 21.9 Å². The van der Waals surface area contributed by atoms with Gasteiger partial charge in [-0.05, 0) is 41.5 Å². The Morgan fingerprint density at radius 1 is 1.08 bits per heavy atom. The molecule has 1 aromatic heterocycles. The second-order valence-electron chi connectivity index (χ2n) is 5.94. The quantitative estimate of drug-likeness (QED) is 0.413. The highest BCUT2D eigenvalue weighted by molar-refractivity contribution is 7.71. The van der Waals surface area contributed by atoms with Gasteiger partial charge >= 0.3 is 0 Å². The number of aromatic nitrogens is 3. The maximum atomic E-state index is 10.3. The van der Waals surface area contributed by atoms with Crippen molar-refractivity contribution in [3.05, 3.63) is 76.6 Å². The molecular weight excluding hydrogens is 344 g/mol. The first-order valence-electron chi connectivity index (χ1n) is 8.13. The fourth-order valence-electron chi connectivity index (χ4n) is 2.93. The molecule has 0 radical (unpaired) electrons. The Balaban J connectivity index is 1.85. The Hall–Kier alpha value is -3.25. The predicted molar refractivity (Wildman–Crippen MR) is 106 cm³/mol. The molecule has 4 aromatic rings. The van der Waals surface area contributed by atoms with Crippen LogP contribution in [0.3, 0.4) is 0 Å². The minimum absolute atomic E-state index is 0.167. The highest BCUT2D eigenvalue weighted by Gasteiger charge is 2.11. The number of nitrogens with one attached hydrogen (secondary N) is 1. The molecule has 0 fully saturated rings. The maximum Gasteiger partial charge on any atom is 0.216 e. The number of benzene rings is 3. The molecule has 0 amide bonds. The van der Waals surface area contributed by atoms with Gasteiger partial charge in [-0.25, -0.2) is 5.10 Å². The molecule has 26 heavy (non-hydrogen) atoms. The number of H-pyrrole nitrogens is 1. The molecule has 0 unspecified atom stereocenters. The van der Waals surface area contributed by atoms with Crippen LogP contribution in [0, 0.1) is 11.7 Å². The molecule has 2 N–H and O–H groups in total. The molecule has 128 valence electrons. The van der Waals surface area contributed by atoms with Crippen LogP contribution < -0.4 is 0 Å². The Bertz CT molecular complexity index is 1190. The first-order chi connectivity index (χ1) is 12.6. The van der Waals surface area contributed by atoms with Crippen LogP contribution in [0.15, 0.2) is 65.8 Å². The molecule has 3 aromatic carbocycles. The maximum absolute atomic E-state index is 10.3. The molecule has 4 rings (SSSR count). The van der Waals surface area contributed by atoms with Crippen molar-refractivity contribution in [1.82, 2.24) is 14.9 Å². The van der Waals surface area contributed by atoms with Crippen molar-refractivity contribution in [2.45, 2.75) is 6.92 Å². The first-order valence-corrected chi connectivity index (χ1v) is 8.54. The Labute approximate surface area is 155 Å². The van der Waals surface area contributed by atoms with E-state index in [9.17, 15) is 5.11 Å². The minimum atomic E-state index is 0.167. The van der Waals surface area contributed by atoms with E-state index in [0.29, 0.717) is 16.2 Å². The number of aromatic amines is 1. The summed E-state index contributed by atoms with van der Waals surface area (Å²) in [5, 5.41) is 23.8. The lowest BCUT2D eigenvalue weighted by Gasteiger charge is -2.06. The summed E-state index contributed by atoms with van der Waals surface area (Å²) in [6, 6.07) is 19.3. The molecule has 0 saturated heterocycles. The number of aryl methyl sites for hydroxylation is 1. The number of hydrogen-bond acceptors (Lipinski definition) is 4. The van der Waals surface area contributed by atoms with E-state index in [1.54, 1.807) is 17.0 Å². The van der Waals surface area contributed by atoms with Crippen molar-refractivity contribution >= 4 is 29.2 Å². The van der Waals surface area contributed by atoms with Crippen molar-refractivity contribution in [3.8, 4) is 17.1 Å². The first kappa shape index (κ1) is 16.2. The van der Waals surface area contributed by atoms with Gasteiger partial charge in [0.2, 0.25) is 4.77 Å². The predicted octanol–water partition coefficient (Wildman–Crippen LogP) is 4.66. The van der Waals surface area contributed by atoms with Crippen LogP contribution in [0.25, 0.3) is 22.2 Å². The van der Waals surface area contributed by atoms with Crippen molar-refractivity contribution in [2.75, 3.05) is 0 Å². The lowest BCUT2D eigenvalue weighted by atomic mass is 10.0. The van der Waals surface area contributed by atoms with Gasteiger partial charge in [0.05, 0.1) is 6.21 Å². The summed E-state index contributed by atoms with van der Waals surface area (Å²) in [6.07, 6.45) is 1.62. The van der Waals surface area contributed by atoms with E-state index in [1.807, 2.05) is 61.5 Å². The summed E-state index contributed by atoms with van der Waals surface area (Å²) in [7, 11) is 0. The molecule has 0 aliphatic carbocycles. The monoisotopic (exact) mass is 360 g/mol. The average Bonchev–Trinajstić information content (AvgIpc) is 3.02. The number of nitrogens with zero attached hydrogens (tertiary/aromatic N) is 3. The molecule has 0 bridgehead atoms. The standard InChI is InChI=1S/C20H16N4OS/c1-13-6-2-4-8-15(13)19-22-23-20(26)24(19)21-12-17-16-9-5-3-7-14(16)10-11-18(17)25/h2-12,25H,1H3,(H,23,26)/b21-12-. The summed E-state index contributed by atoms with van der Waals surface area (Å²) >= 11 is 5.33. The minimum Gasteiger partial charge on any atom is -0.507 e. The molecule has 0 spiro atoms. The van der Waals surface area contributed by atoms with Gasteiger partial charge in [0.25, 0.3) is 0 Å². The second kappa shape index (κ2) is 6.57. The zero-order valence-corrected chi connectivity index (χ0v) is 14.9. The number of phenolic OH excluding ortho intramolecular Hbond substituents is 1. The van der Waals surface area contributed by atoms with Gasteiger partial charge in [0.1, 0.15) is 5.75 Å². The highest BCUT2D eigenvalue weighted by Crippen LogP contribution is 2.26. The Morgan fingerprint density at radius 3 is 2.69 bits per heavy atom. The topological polar surface area (TPSA) is 66.2 Å². The Morgan fingerprint density at radius 2 is 1.85 bits per heavy atom. The van der Waals surface area contributed by atoms with Gasteiger partial charge in [-0.3, -0.25) is 0 Å². The van der Waals surface area contributed by atoms with Crippen LogP contribution in [0.1, 0.15) is 11.1 Å². The molecule has 5 nitrogen and oxygen atoms in total. The highest BCUT2D eigenvalue weighted by atomic mass is 32.1. The van der Waals surface area contributed by atoms with Gasteiger partial charge in [-0.2, -0.15) is 14.9 Å². The lowest BCUT2D eigenvalue weighted by molar-refractivity contribution is 0.475. The van der Waals surface area contributed by atoms with Crippen molar-refractivity contribution in [2.24, 2.45) is 5.10 Å². The van der Waals surface area contributed by atoms with Gasteiger partial charge in [0.15, 0.2) is 5.82 Å². The average molecular weight is 360 g/mol. The van der Waals surface area contributed by atoms with E-state index < -0.39 is 0 Å². The molecule has 0 aliphatic rings. The lowest BCUT2D eigenvalue weighted by Crippen LogP contribution is -1.97. The molecule has 0 saturated carbocycles. The van der Waals surface area contributed by atoms with E-state index in [2.05, 4.69) is 15.3 Å². The summed E-state index contributed by atoms with van der Waals surface area (Å²) in [5.41, 5.74) is 2.66. The fraction of sp³-hybridized carbons (Fsp3) is 0.0500. The largest absolute Gasteiger partial charge is 0.507 e. The zero-order chi connectivity index (χ0) is 18.1. The third kappa shape index (κ3) is 2.80. The van der Waals surface area contributed by atoms with Crippen molar-refractivity contribution < 1.29 is 5.11 Å². The molecule has 1 heterocycles. The number of phenols is 1. The number of hydrogen-bond donors (Lipinski definition) is 2. The molecule has 0 atom stereocenters. The zero-order valence-electron chi connectivity index (χ0n) is 14.0. The van der Waals surface area contributed by atoms with Crippen LogP contribution >= 0.6 is 12.2 Å². The van der Waals surface area contributed by atoms with E-state index in [1.165, 1.54) is 0 Å². The normalized spacial score (nSPS) is 11.4. The smallest absolute Gasteiger partial charge is 0.216 e. The Kier molecular flexibility index (Phi) is 4.10. The third-order valence-electron chi connectivity index (χ3n) is 4.29. The van der Waals surface area contributed by atoms with Crippen LogP contribution in [-0.2, 0) is 0 Å². The molecule has 6 heteroatoms. The summed E-state index contributed by atoms with van der Waals surface area (Å²) < 4.78 is 1.96. The number of rotatable bonds is 3. The third-order valence-corrected chi connectivity index (χ3v) is 4.55. The van der Waals surface area contributed by atoms with Gasteiger partial charge in [-0.15, -0.1) is 0 Å². The summed E-state index contributed by atoms with van der Waals surface area (Å²) in [5.74, 6) is 0.795.